The van der Waals surface area contributed by atoms with Gasteiger partial charge < -0.3 is 10.6 Å². The molecule has 1 saturated carbocycles. The molecule has 166 valence electrons. The standard InChI is InChI=1S/C26H26N6O/c1-16-12-21-13-19(7-9-23(21)31-24(16)27)26(33)32(17(2)25-28-10-3-11-29-25)15-22-8-6-20(14-30-22)18-4-5-18/h3,6-14,17-18H,4-5,15H2,1-2H3,(H2,27,31)/t17-/m1/s1. The van der Waals surface area contributed by atoms with E-state index in [1.54, 1.807) is 29.4 Å². The summed E-state index contributed by atoms with van der Waals surface area (Å²) in [6.45, 7) is 4.22. The van der Waals surface area contributed by atoms with Crippen LogP contribution in [0.3, 0.4) is 0 Å². The molecule has 0 unspecified atom stereocenters. The summed E-state index contributed by atoms with van der Waals surface area (Å²) in [5.41, 5.74) is 10.3. The minimum Gasteiger partial charge on any atom is -0.383 e. The van der Waals surface area contributed by atoms with E-state index >= 15 is 0 Å². The average Bonchev–Trinajstić information content (AvgIpc) is 3.69. The Bertz CT molecular complexity index is 1300. The molecule has 7 heteroatoms. The Kier molecular flexibility index (Phi) is 5.46. The van der Waals surface area contributed by atoms with E-state index in [4.69, 9.17) is 5.73 Å². The van der Waals surface area contributed by atoms with E-state index in [0.29, 0.717) is 29.7 Å². The molecule has 4 aromatic rings. The lowest BCUT2D eigenvalue weighted by atomic mass is 10.1. The predicted molar refractivity (Wildman–Crippen MR) is 127 cm³/mol. The van der Waals surface area contributed by atoms with Crippen molar-refractivity contribution in [2.24, 2.45) is 0 Å². The molecule has 0 spiro atoms. The van der Waals surface area contributed by atoms with E-state index in [0.717, 1.165) is 22.2 Å². The first kappa shape index (κ1) is 21.0. The molecular formula is C26H26N6O. The van der Waals surface area contributed by atoms with Crippen LogP contribution in [0.15, 0.2) is 61.1 Å². The number of nitrogen functional groups attached to an aromatic ring is 1. The van der Waals surface area contributed by atoms with Crippen LogP contribution in [-0.2, 0) is 6.54 Å². The van der Waals surface area contributed by atoms with E-state index in [9.17, 15) is 4.79 Å². The second-order valence-electron chi connectivity index (χ2n) is 8.67. The van der Waals surface area contributed by atoms with E-state index in [1.165, 1.54) is 18.4 Å². The van der Waals surface area contributed by atoms with Crippen molar-refractivity contribution in [3.8, 4) is 0 Å². The quantitative estimate of drug-likeness (QED) is 0.473. The highest BCUT2D eigenvalue weighted by molar-refractivity contribution is 5.98. The van der Waals surface area contributed by atoms with Crippen molar-refractivity contribution in [2.45, 2.75) is 45.2 Å². The van der Waals surface area contributed by atoms with Crippen LogP contribution in [0.4, 0.5) is 5.82 Å². The first-order valence-electron chi connectivity index (χ1n) is 11.2. The van der Waals surface area contributed by atoms with Crippen LogP contribution in [-0.4, -0.2) is 30.7 Å². The Morgan fingerprint density at radius 2 is 1.91 bits per heavy atom. The Morgan fingerprint density at radius 1 is 1.12 bits per heavy atom. The first-order chi connectivity index (χ1) is 16.0. The highest BCUT2D eigenvalue weighted by atomic mass is 16.2. The molecule has 1 atom stereocenters. The van der Waals surface area contributed by atoms with E-state index < -0.39 is 0 Å². The molecular weight excluding hydrogens is 412 g/mol. The van der Waals surface area contributed by atoms with Crippen LogP contribution in [0.5, 0.6) is 0 Å². The third-order valence-electron chi connectivity index (χ3n) is 6.21. The van der Waals surface area contributed by atoms with Gasteiger partial charge in [0, 0.05) is 29.5 Å². The molecule has 3 heterocycles. The van der Waals surface area contributed by atoms with Gasteiger partial charge in [-0.1, -0.05) is 6.07 Å². The molecule has 1 fully saturated rings. The van der Waals surface area contributed by atoms with Gasteiger partial charge in [0.25, 0.3) is 5.91 Å². The molecule has 0 radical (unpaired) electrons. The number of nitrogens with two attached hydrogens (primary N) is 1. The molecule has 0 saturated heterocycles. The zero-order valence-corrected chi connectivity index (χ0v) is 18.8. The summed E-state index contributed by atoms with van der Waals surface area (Å²) in [4.78, 5) is 33.3. The molecule has 33 heavy (non-hydrogen) atoms. The van der Waals surface area contributed by atoms with Crippen molar-refractivity contribution < 1.29 is 4.79 Å². The third kappa shape index (κ3) is 4.39. The van der Waals surface area contributed by atoms with Gasteiger partial charge in [-0.15, -0.1) is 0 Å². The molecule has 3 aromatic heterocycles. The first-order valence-corrected chi connectivity index (χ1v) is 11.2. The second kappa shape index (κ2) is 8.58. The van der Waals surface area contributed by atoms with Crippen LogP contribution in [0, 0.1) is 6.92 Å². The summed E-state index contributed by atoms with van der Waals surface area (Å²) >= 11 is 0. The Morgan fingerprint density at radius 3 is 2.61 bits per heavy atom. The Labute approximate surface area is 192 Å². The third-order valence-corrected chi connectivity index (χ3v) is 6.21. The van der Waals surface area contributed by atoms with Gasteiger partial charge in [0.15, 0.2) is 0 Å². The summed E-state index contributed by atoms with van der Waals surface area (Å²) in [6, 6.07) is 13.0. The maximum Gasteiger partial charge on any atom is 0.254 e. The molecule has 0 aliphatic heterocycles. The lowest BCUT2D eigenvalue weighted by Crippen LogP contribution is -2.34. The largest absolute Gasteiger partial charge is 0.383 e. The molecule has 1 amide bonds. The topological polar surface area (TPSA) is 97.9 Å². The van der Waals surface area contributed by atoms with E-state index in [-0.39, 0.29) is 11.9 Å². The number of amides is 1. The van der Waals surface area contributed by atoms with E-state index in [1.807, 2.05) is 44.3 Å². The van der Waals surface area contributed by atoms with Crippen LogP contribution >= 0.6 is 0 Å². The van der Waals surface area contributed by atoms with Gasteiger partial charge in [0.1, 0.15) is 11.6 Å². The van der Waals surface area contributed by atoms with Crippen molar-refractivity contribution in [3.05, 3.63) is 89.3 Å². The molecule has 1 aliphatic rings. The molecule has 2 N–H and O–H groups in total. The van der Waals surface area contributed by atoms with Crippen LogP contribution in [0.1, 0.15) is 64.7 Å². The fraction of sp³-hybridized carbons (Fsp3) is 0.269. The van der Waals surface area contributed by atoms with Gasteiger partial charge in [0.2, 0.25) is 0 Å². The van der Waals surface area contributed by atoms with Gasteiger partial charge in [0.05, 0.1) is 23.8 Å². The number of rotatable bonds is 6. The Hall–Kier alpha value is -3.87. The number of carbonyl (C=O) groups excluding carboxylic acids is 1. The maximum absolute atomic E-state index is 13.7. The maximum atomic E-state index is 13.7. The molecule has 1 aromatic carbocycles. The smallest absolute Gasteiger partial charge is 0.254 e. The van der Waals surface area contributed by atoms with Crippen molar-refractivity contribution in [2.75, 3.05) is 5.73 Å². The van der Waals surface area contributed by atoms with Crippen molar-refractivity contribution in [1.82, 2.24) is 24.8 Å². The number of anilines is 1. The summed E-state index contributed by atoms with van der Waals surface area (Å²) in [7, 11) is 0. The molecule has 1 aliphatic carbocycles. The van der Waals surface area contributed by atoms with Gasteiger partial charge in [-0.2, -0.15) is 0 Å². The number of hydrogen-bond donors (Lipinski definition) is 1. The SMILES string of the molecule is Cc1cc2cc(C(=O)N(Cc3ccc(C4CC4)cn3)[C@H](C)c3ncccn3)ccc2nc1N. The van der Waals surface area contributed by atoms with E-state index in [2.05, 4.69) is 26.0 Å². The number of hydrogen-bond acceptors (Lipinski definition) is 6. The zero-order chi connectivity index (χ0) is 22.9. The molecule has 5 rings (SSSR count). The van der Waals surface area contributed by atoms with Gasteiger partial charge in [-0.25, -0.2) is 15.0 Å². The fourth-order valence-corrected chi connectivity index (χ4v) is 4.01. The summed E-state index contributed by atoms with van der Waals surface area (Å²) in [5.74, 6) is 1.62. The minimum absolute atomic E-state index is 0.112. The highest BCUT2D eigenvalue weighted by Gasteiger charge is 2.27. The van der Waals surface area contributed by atoms with Crippen molar-refractivity contribution >= 4 is 22.6 Å². The number of benzene rings is 1. The average molecular weight is 439 g/mol. The fourth-order valence-electron chi connectivity index (χ4n) is 4.01. The van der Waals surface area contributed by atoms with Crippen LogP contribution in [0.2, 0.25) is 0 Å². The summed E-state index contributed by atoms with van der Waals surface area (Å²) in [6.07, 6.45) is 7.79. The monoisotopic (exact) mass is 438 g/mol. The lowest BCUT2D eigenvalue weighted by Gasteiger charge is -2.28. The van der Waals surface area contributed by atoms with Crippen molar-refractivity contribution in [1.29, 1.82) is 0 Å². The van der Waals surface area contributed by atoms with Crippen molar-refractivity contribution in [3.63, 3.8) is 0 Å². The number of carbonyl (C=O) groups is 1. The summed E-state index contributed by atoms with van der Waals surface area (Å²) in [5, 5.41) is 0.878. The number of aryl methyl sites for hydroxylation is 1. The van der Waals surface area contributed by atoms with Gasteiger partial charge >= 0.3 is 0 Å². The van der Waals surface area contributed by atoms with Gasteiger partial charge in [-0.05, 0) is 80.1 Å². The zero-order valence-electron chi connectivity index (χ0n) is 18.8. The minimum atomic E-state index is -0.328. The predicted octanol–water partition coefficient (Wildman–Crippen LogP) is 4.59. The number of fused-ring (bicyclic) bond motifs is 1. The lowest BCUT2D eigenvalue weighted by molar-refractivity contribution is 0.0663. The Balaban J connectivity index is 1.49. The normalized spacial score (nSPS) is 14.2. The van der Waals surface area contributed by atoms with Gasteiger partial charge in [-0.3, -0.25) is 9.78 Å². The molecule has 0 bridgehead atoms. The molecule has 7 nitrogen and oxygen atoms in total. The second-order valence-corrected chi connectivity index (χ2v) is 8.67. The van der Waals surface area contributed by atoms with Crippen LogP contribution < -0.4 is 5.73 Å². The summed E-state index contributed by atoms with van der Waals surface area (Å²) < 4.78 is 0. The highest BCUT2D eigenvalue weighted by Crippen LogP contribution is 2.39. The number of aromatic nitrogens is 4. The number of nitrogens with zero attached hydrogens (tertiary/aromatic N) is 5. The number of pyridine rings is 2. The van der Waals surface area contributed by atoms with Crippen LogP contribution in [0.25, 0.3) is 10.9 Å².